The molecule has 0 saturated heterocycles. The molecule has 2 N–H and O–H groups in total. The number of nitrogen functional groups attached to an aromatic ring is 1. The lowest BCUT2D eigenvalue weighted by Crippen LogP contribution is -1.99. The number of aryl methyl sites for hydroxylation is 1. The number of benzene rings is 1. The first-order chi connectivity index (χ1) is 9.13. The molecule has 6 heteroatoms. The van der Waals surface area contributed by atoms with E-state index in [-0.39, 0.29) is 11.7 Å². The molecule has 2 heterocycles. The van der Waals surface area contributed by atoms with Gasteiger partial charge in [-0.2, -0.15) is 4.98 Å². The van der Waals surface area contributed by atoms with Crippen LogP contribution in [0.3, 0.4) is 0 Å². The summed E-state index contributed by atoms with van der Waals surface area (Å²) >= 11 is 0. The lowest BCUT2D eigenvalue weighted by molar-refractivity contribution is 0.457. The van der Waals surface area contributed by atoms with Crippen LogP contribution in [0.25, 0.3) is 5.65 Å². The number of aromatic nitrogens is 3. The van der Waals surface area contributed by atoms with E-state index in [1.165, 1.54) is 12.1 Å². The highest BCUT2D eigenvalue weighted by Gasteiger charge is 2.10. The molecule has 3 aromatic rings. The Kier molecular flexibility index (Phi) is 2.56. The maximum atomic E-state index is 13.2. The second-order valence-electron chi connectivity index (χ2n) is 4.14. The van der Waals surface area contributed by atoms with E-state index in [4.69, 9.17) is 10.5 Å². The van der Waals surface area contributed by atoms with Gasteiger partial charge in [0.15, 0.2) is 0 Å². The van der Waals surface area contributed by atoms with Gasteiger partial charge >= 0.3 is 0 Å². The molecule has 96 valence electrons. The molecule has 2 aromatic heterocycles. The first kappa shape index (κ1) is 11.5. The smallest absolute Gasteiger partial charge is 0.265 e. The maximum absolute atomic E-state index is 13.2. The van der Waals surface area contributed by atoms with Gasteiger partial charge in [-0.15, -0.1) is 0 Å². The molecular weight excluding hydrogens is 247 g/mol. The van der Waals surface area contributed by atoms with Gasteiger partial charge in [-0.1, -0.05) is 6.07 Å². The molecular formula is C13H11FN4O. The van der Waals surface area contributed by atoms with Gasteiger partial charge in [-0.05, 0) is 18.6 Å². The normalized spacial score (nSPS) is 10.8. The molecule has 0 radical (unpaired) electrons. The zero-order chi connectivity index (χ0) is 13.4. The summed E-state index contributed by atoms with van der Waals surface area (Å²) in [6.45, 7) is 1.82. The molecule has 0 spiro atoms. The summed E-state index contributed by atoms with van der Waals surface area (Å²) in [5.74, 6) is 0.570. The Labute approximate surface area is 108 Å². The number of fused-ring (bicyclic) bond motifs is 1. The third-order valence-electron chi connectivity index (χ3n) is 2.72. The Balaban J connectivity index is 2.10. The van der Waals surface area contributed by atoms with Crippen LogP contribution in [-0.4, -0.2) is 14.4 Å². The van der Waals surface area contributed by atoms with E-state index in [1.807, 2.05) is 6.92 Å². The van der Waals surface area contributed by atoms with Crippen LogP contribution in [0.1, 0.15) is 5.56 Å². The molecule has 19 heavy (non-hydrogen) atoms. The van der Waals surface area contributed by atoms with Crippen LogP contribution in [0.2, 0.25) is 0 Å². The van der Waals surface area contributed by atoms with Crippen molar-refractivity contribution in [2.24, 2.45) is 0 Å². The van der Waals surface area contributed by atoms with E-state index in [0.29, 0.717) is 17.2 Å². The second-order valence-corrected chi connectivity index (χ2v) is 4.14. The van der Waals surface area contributed by atoms with Crippen LogP contribution < -0.4 is 10.5 Å². The highest BCUT2D eigenvalue weighted by atomic mass is 19.1. The van der Waals surface area contributed by atoms with Crippen LogP contribution in [-0.2, 0) is 0 Å². The van der Waals surface area contributed by atoms with Gasteiger partial charge in [-0.3, -0.25) is 4.40 Å². The Morgan fingerprint density at radius 2 is 2.21 bits per heavy atom. The fraction of sp³-hybridized carbons (Fsp3) is 0.0769. The fourth-order valence-corrected chi connectivity index (χ4v) is 1.78. The van der Waals surface area contributed by atoms with Crippen molar-refractivity contribution in [3.8, 4) is 11.6 Å². The number of hydrogen-bond acceptors (Lipinski definition) is 4. The SMILES string of the molecule is Cc1ccc(F)cc1Oc1nc(N)cn2ccnc12. The van der Waals surface area contributed by atoms with Gasteiger partial charge in [-0.25, -0.2) is 9.37 Å². The standard InChI is InChI=1S/C13H11FN4O/c1-8-2-3-9(14)6-10(8)19-13-12-16-4-5-18(12)7-11(15)17-13/h2-7H,15H2,1H3. The number of nitrogens with two attached hydrogens (primary N) is 1. The van der Waals surface area contributed by atoms with Gasteiger partial charge in [0.05, 0.1) is 6.20 Å². The van der Waals surface area contributed by atoms with E-state index in [0.717, 1.165) is 5.56 Å². The number of anilines is 1. The first-order valence-electron chi connectivity index (χ1n) is 5.66. The van der Waals surface area contributed by atoms with Crippen LogP contribution >= 0.6 is 0 Å². The monoisotopic (exact) mass is 258 g/mol. The number of imidazole rings is 1. The molecule has 0 fully saturated rings. The number of ether oxygens (including phenoxy) is 1. The second kappa shape index (κ2) is 4.24. The molecule has 5 nitrogen and oxygen atoms in total. The Morgan fingerprint density at radius 1 is 1.37 bits per heavy atom. The molecule has 0 atom stereocenters. The van der Waals surface area contributed by atoms with E-state index in [9.17, 15) is 4.39 Å². The summed E-state index contributed by atoms with van der Waals surface area (Å²) in [6, 6.07) is 4.32. The highest BCUT2D eigenvalue weighted by Crippen LogP contribution is 2.27. The van der Waals surface area contributed by atoms with Gasteiger partial charge in [0.25, 0.3) is 5.88 Å². The third kappa shape index (κ3) is 2.08. The highest BCUT2D eigenvalue weighted by molar-refractivity contribution is 5.54. The van der Waals surface area contributed by atoms with E-state index >= 15 is 0 Å². The summed E-state index contributed by atoms with van der Waals surface area (Å²) in [5, 5.41) is 0. The van der Waals surface area contributed by atoms with E-state index < -0.39 is 0 Å². The topological polar surface area (TPSA) is 65.4 Å². The van der Waals surface area contributed by atoms with Crippen molar-refractivity contribution in [3.63, 3.8) is 0 Å². The summed E-state index contributed by atoms with van der Waals surface area (Å²) in [4.78, 5) is 8.22. The molecule has 0 aliphatic heterocycles. The average Bonchev–Trinajstić information content (AvgIpc) is 2.82. The van der Waals surface area contributed by atoms with Crippen LogP contribution in [0.5, 0.6) is 11.6 Å². The van der Waals surface area contributed by atoms with E-state index in [1.54, 1.807) is 29.1 Å². The Bertz CT molecular complexity index is 753. The zero-order valence-corrected chi connectivity index (χ0v) is 10.2. The molecule has 0 unspecified atom stereocenters. The largest absolute Gasteiger partial charge is 0.435 e. The summed E-state index contributed by atoms with van der Waals surface area (Å²) in [6.07, 6.45) is 4.98. The number of nitrogens with zero attached hydrogens (tertiary/aromatic N) is 3. The minimum atomic E-state index is -0.371. The molecule has 0 saturated carbocycles. The minimum Gasteiger partial charge on any atom is -0.435 e. The molecule has 1 aromatic carbocycles. The van der Waals surface area contributed by atoms with Gasteiger partial charge in [0.1, 0.15) is 17.4 Å². The summed E-state index contributed by atoms with van der Waals surface area (Å²) < 4.78 is 20.6. The van der Waals surface area contributed by atoms with Crippen molar-refractivity contribution >= 4 is 11.5 Å². The molecule has 3 rings (SSSR count). The first-order valence-corrected chi connectivity index (χ1v) is 5.66. The van der Waals surface area contributed by atoms with Gasteiger partial charge in [0, 0.05) is 18.5 Å². The Hall–Kier alpha value is -2.63. The molecule has 0 amide bonds. The van der Waals surface area contributed by atoms with Crippen LogP contribution in [0, 0.1) is 12.7 Å². The predicted molar refractivity (Wildman–Crippen MR) is 68.6 cm³/mol. The van der Waals surface area contributed by atoms with Crippen molar-refractivity contribution in [2.75, 3.05) is 5.73 Å². The van der Waals surface area contributed by atoms with Crippen molar-refractivity contribution in [3.05, 3.63) is 48.2 Å². The maximum Gasteiger partial charge on any atom is 0.265 e. The van der Waals surface area contributed by atoms with Crippen LogP contribution in [0.4, 0.5) is 10.2 Å². The summed E-state index contributed by atoms with van der Waals surface area (Å²) in [5.41, 5.74) is 7.02. The zero-order valence-electron chi connectivity index (χ0n) is 10.2. The lowest BCUT2D eigenvalue weighted by atomic mass is 10.2. The molecule has 0 aliphatic rings. The molecule has 0 bridgehead atoms. The minimum absolute atomic E-state index is 0.249. The lowest BCUT2D eigenvalue weighted by Gasteiger charge is -2.09. The van der Waals surface area contributed by atoms with Crippen molar-refractivity contribution in [1.29, 1.82) is 0 Å². The average molecular weight is 258 g/mol. The van der Waals surface area contributed by atoms with Crippen molar-refractivity contribution < 1.29 is 9.13 Å². The van der Waals surface area contributed by atoms with Gasteiger partial charge < -0.3 is 10.5 Å². The van der Waals surface area contributed by atoms with Gasteiger partial charge in [0.2, 0.25) is 5.65 Å². The number of rotatable bonds is 2. The predicted octanol–water partition coefficient (Wildman–Crippen LogP) is 2.55. The quantitative estimate of drug-likeness (QED) is 0.767. The van der Waals surface area contributed by atoms with E-state index in [2.05, 4.69) is 9.97 Å². The number of halogens is 1. The van der Waals surface area contributed by atoms with Crippen LogP contribution in [0.15, 0.2) is 36.8 Å². The van der Waals surface area contributed by atoms with Crippen molar-refractivity contribution in [1.82, 2.24) is 14.4 Å². The summed E-state index contributed by atoms with van der Waals surface area (Å²) in [7, 11) is 0. The number of hydrogen-bond donors (Lipinski definition) is 1. The van der Waals surface area contributed by atoms with Crippen molar-refractivity contribution in [2.45, 2.75) is 6.92 Å². The Morgan fingerprint density at radius 3 is 3.05 bits per heavy atom. The third-order valence-corrected chi connectivity index (χ3v) is 2.72. The molecule has 0 aliphatic carbocycles. The fourth-order valence-electron chi connectivity index (χ4n) is 1.78.